The topological polar surface area (TPSA) is 66.5 Å². The van der Waals surface area contributed by atoms with E-state index in [1.807, 2.05) is 12.1 Å². The molecule has 0 spiro atoms. The van der Waals surface area contributed by atoms with Crippen molar-refractivity contribution in [3.63, 3.8) is 0 Å². The number of carbonyl (C=O) groups excluding carboxylic acids is 1. The molecular weight excluding hydrogens is 372 g/mol. The van der Waals surface area contributed by atoms with Gasteiger partial charge in [0.2, 0.25) is 10.0 Å². The average molecular weight is 393 g/mol. The first kappa shape index (κ1) is 18.9. The van der Waals surface area contributed by atoms with Gasteiger partial charge >= 0.3 is 0 Å². The highest BCUT2D eigenvalue weighted by molar-refractivity contribution is 7.89. The summed E-state index contributed by atoms with van der Waals surface area (Å²) in [7, 11) is -1.91. The number of nitrogens with zero attached hydrogens (tertiary/aromatic N) is 1. The first-order valence-electron chi connectivity index (χ1n) is 8.39. The Bertz CT molecular complexity index is 940. The van der Waals surface area contributed by atoms with Crippen LogP contribution in [0.3, 0.4) is 0 Å². The van der Waals surface area contributed by atoms with Gasteiger partial charge in [-0.25, -0.2) is 13.1 Å². The minimum absolute atomic E-state index is 0.0194. The summed E-state index contributed by atoms with van der Waals surface area (Å²) < 4.78 is 27.5. The largest absolute Gasteiger partial charge is 0.337 e. The standard InChI is InChI=1S/C19H21ClN2O3S/c1-13-6-9-17(26(24,25)21-16-7-8-16)11-18(13)19(23)22(2)12-14-4-3-5-15(20)10-14/h3-6,9-11,16,21H,7-8,12H2,1-2H3. The Morgan fingerprint density at radius 1 is 1.23 bits per heavy atom. The van der Waals surface area contributed by atoms with Crippen molar-refractivity contribution in [1.82, 2.24) is 9.62 Å². The van der Waals surface area contributed by atoms with E-state index in [1.54, 1.807) is 37.1 Å². The zero-order valence-corrected chi connectivity index (χ0v) is 16.3. The molecule has 5 nitrogen and oxygen atoms in total. The van der Waals surface area contributed by atoms with Crippen molar-refractivity contribution in [3.05, 3.63) is 64.2 Å². The maximum absolute atomic E-state index is 12.8. The summed E-state index contributed by atoms with van der Waals surface area (Å²) in [6.07, 6.45) is 1.72. The molecule has 1 aliphatic carbocycles. The Balaban J connectivity index is 1.82. The Morgan fingerprint density at radius 2 is 1.96 bits per heavy atom. The maximum Gasteiger partial charge on any atom is 0.254 e. The second-order valence-electron chi connectivity index (χ2n) is 6.66. The van der Waals surface area contributed by atoms with Crippen molar-refractivity contribution in [1.29, 1.82) is 0 Å². The predicted octanol–water partition coefficient (Wildman–Crippen LogP) is 3.36. The molecule has 0 aliphatic heterocycles. The number of hydrogen-bond acceptors (Lipinski definition) is 3. The molecule has 7 heteroatoms. The molecule has 2 aromatic rings. The number of nitrogens with one attached hydrogen (secondary N) is 1. The lowest BCUT2D eigenvalue weighted by atomic mass is 10.1. The van der Waals surface area contributed by atoms with Crippen molar-refractivity contribution in [2.24, 2.45) is 0 Å². The quantitative estimate of drug-likeness (QED) is 0.819. The number of hydrogen-bond donors (Lipinski definition) is 1. The number of halogens is 1. The van der Waals surface area contributed by atoms with Crippen LogP contribution in [0.4, 0.5) is 0 Å². The van der Waals surface area contributed by atoms with E-state index in [2.05, 4.69) is 4.72 Å². The maximum atomic E-state index is 12.8. The van der Waals surface area contributed by atoms with Gasteiger partial charge in [-0.2, -0.15) is 0 Å². The Morgan fingerprint density at radius 3 is 2.62 bits per heavy atom. The summed E-state index contributed by atoms with van der Waals surface area (Å²) >= 11 is 5.99. The Hall–Kier alpha value is -1.89. The van der Waals surface area contributed by atoms with E-state index in [0.717, 1.165) is 24.0 Å². The van der Waals surface area contributed by atoms with Crippen LogP contribution in [-0.2, 0) is 16.6 Å². The molecule has 1 fully saturated rings. The van der Waals surface area contributed by atoms with Gasteiger partial charge in [0.15, 0.2) is 0 Å². The van der Waals surface area contributed by atoms with Crippen molar-refractivity contribution in [2.75, 3.05) is 7.05 Å². The molecule has 0 aromatic heterocycles. The van der Waals surface area contributed by atoms with Crippen molar-refractivity contribution >= 4 is 27.5 Å². The number of sulfonamides is 1. The second kappa shape index (κ2) is 7.39. The van der Waals surface area contributed by atoms with Gasteiger partial charge < -0.3 is 4.90 Å². The molecule has 0 heterocycles. The fraction of sp³-hybridized carbons (Fsp3) is 0.316. The predicted molar refractivity (Wildman–Crippen MR) is 102 cm³/mol. The van der Waals surface area contributed by atoms with Gasteiger partial charge in [-0.15, -0.1) is 0 Å². The number of benzene rings is 2. The lowest BCUT2D eigenvalue weighted by Crippen LogP contribution is -2.28. The fourth-order valence-electron chi connectivity index (χ4n) is 2.67. The molecule has 1 aliphatic rings. The highest BCUT2D eigenvalue weighted by Crippen LogP contribution is 2.24. The van der Waals surface area contributed by atoms with Crippen molar-refractivity contribution in [3.8, 4) is 0 Å². The van der Waals surface area contributed by atoms with Gasteiger partial charge in [-0.05, 0) is 55.2 Å². The van der Waals surface area contributed by atoms with E-state index in [0.29, 0.717) is 17.1 Å². The number of amides is 1. The van der Waals surface area contributed by atoms with Gasteiger partial charge in [0.1, 0.15) is 0 Å². The van der Waals surface area contributed by atoms with Gasteiger partial charge in [-0.1, -0.05) is 29.8 Å². The van der Waals surface area contributed by atoms with E-state index < -0.39 is 10.0 Å². The monoisotopic (exact) mass is 392 g/mol. The molecule has 1 N–H and O–H groups in total. The molecule has 0 atom stereocenters. The van der Waals surface area contributed by atoms with Crippen LogP contribution in [0.15, 0.2) is 47.4 Å². The molecule has 0 radical (unpaired) electrons. The van der Waals surface area contributed by atoms with Crippen LogP contribution in [0.25, 0.3) is 0 Å². The third-order valence-corrected chi connectivity index (χ3v) is 6.06. The van der Waals surface area contributed by atoms with E-state index in [4.69, 9.17) is 11.6 Å². The molecule has 3 rings (SSSR count). The molecular formula is C19H21ClN2O3S. The summed E-state index contributed by atoms with van der Waals surface area (Å²) in [5.74, 6) is -0.231. The highest BCUT2D eigenvalue weighted by atomic mass is 35.5. The zero-order chi connectivity index (χ0) is 18.9. The molecule has 1 saturated carbocycles. The molecule has 1 amide bonds. The van der Waals surface area contributed by atoms with E-state index in [1.165, 1.54) is 12.1 Å². The van der Waals surface area contributed by atoms with Gasteiger partial charge in [0.05, 0.1) is 4.90 Å². The van der Waals surface area contributed by atoms with Crippen molar-refractivity contribution in [2.45, 2.75) is 37.2 Å². The summed E-state index contributed by atoms with van der Waals surface area (Å²) in [5.41, 5.74) is 2.02. The minimum Gasteiger partial charge on any atom is -0.337 e. The van der Waals surface area contributed by atoms with Crippen LogP contribution in [-0.4, -0.2) is 32.3 Å². The smallest absolute Gasteiger partial charge is 0.254 e. The SMILES string of the molecule is Cc1ccc(S(=O)(=O)NC2CC2)cc1C(=O)N(C)Cc1cccc(Cl)c1. The second-order valence-corrected chi connectivity index (χ2v) is 8.81. The first-order valence-corrected chi connectivity index (χ1v) is 10.3. The number of carbonyl (C=O) groups is 1. The van der Waals surface area contributed by atoms with Gasteiger partial charge in [-0.3, -0.25) is 4.79 Å². The number of aryl methyl sites for hydroxylation is 1. The van der Waals surface area contributed by atoms with E-state index in [-0.39, 0.29) is 16.8 Å². The van der Waals surface area contributed by atoms with Crippen LogP contribution in [0.2, 0.25) is 5.02 Å². The summed E-state index contributed by atoms with van der Waals surface area (Å²) in [5, 5.41) is 0.610. The third-order valence-electron chi connectivity index (χ3n) is 4.30. The normalized spacial score (nSPS) is 14.3. The van der Waals surface area contributed by atoms with Crippen LogP contribution >= 0.6 is 11.6 Å². The third kappa shape index (κ3) is 4.44. The van der Waals surface area contributed by atoms with Crippen LogP contribution in [0.5, 0.6) is 0 Å². The van der Waals surface area contributed by atoms with E-state index >= 15 is 0 Å². The van der Waals surface area contributed by atoms with Crippen LogP contribution in [0, 0.1) is 6.92 Å². The Kier molecular flexibility index (Phi) is 5.37. The Labute approximate surface area is 159 Å². The summed E-state index contributed by atoms with van der Waals surface area (Å²) in [6, 6.07) is 12.0. The van der Waals surface area contributed by atoms with Crippen molar-refractivity contribution < 1.29 is 13.2 Å². The lowest BCUT2D eigenvalue weighted by Gasteiger charge is -2.19. The number of rotatable bonds is 6. The molecule has 138 valence electrons. The molecule has 0 bridgehead atoms. The van der Waals surface area contributed by atoms with Crippen LogP contribution in [0.1, 0.15) is 34.3 Å². The van der Waals surface area contributed by atoms with Gasteiger partial charge in [0, 0.05) is 30.2 Å². The molecule has 0 unspecified atom stereocenters. The summed E-state index contributed by atoms with van der Waals surface area (Å²) in [4.78, 5) is 14.5. The highest BCUT2D eigenvalue weighted by Gasteiger charge is 2.28. The molecule has 2 aromatic carbocycles. The first-order chi connectivity index (χ1) is 12.3. The average Bonchev–Trinajstić information content (AvgIpc) is 3.37. The molecule has 0 saturated heterocycles. The summed E-state index contributed by atoms with van der Waals surface area (Å²) in [6.45, 7) is 2.18. The van der Waals surface area contributed by atoms with Gasteiger partial charge in [0.25, 0.3) is 5.91 Å². The van der Waals surface area contributed by atoms with Crippen LogP contribution < -0.4 is 4.72 Å². The minimum atomic E-state index is -3.60. The lowest BCUT2D eigenvalue weighted by molar-refractivity contribution is 0.0784. The van der Waals surface area contributed by atoms with E-state index in [9.17, 15) is 13.2 Å². The fourth-order valence-corrected chi connectivity index (χ4v) is 4.22. The molecule has 26 heavy (non-hydrogen) atoms. The zero-order valence-electron chi connectivity index (χ0n) is 14.7.